The number of esters is 1. The Bertz CT molecular complexity index is 937. The first-order valence-corrected chi connectivity index (χ1v) is 9.43. The topological polar surface area (TPSA) is 49.8 Å². The smallest absolute Gasteiger partial charge is 0.422 e. The number of hydrogen-bond donors (Lipinski definition) is 1. The highest BCUT2D eigenvalue weighted by atomic mass is 79.9. The van der Waals surface area contributed by atoms with E-state index in [1.165, 1.54) is 36.1 Å². The van der Waals surface area contributed by atoms with E-state index in [9.17, 15) is 23.1 Å². The molecule has 2 aromatic carbocycles. The van der Waals surface area contributed by atoms with Gasteiger partial charge < -0.3 is 14.7 Å². The third-order valence-corrected chi connectivity index (χ3v) is 5.71. The molecule has 1 aliphatic rings. The van der Waals surface area contributed by atoms with E-state index in [4.69, 9.17) is 16.3 Å². The molecule has 150 valence electrons. The standard InChI is InChI=1S/C19H16BrClF3NO3/c1-10(12-7-6-11(20)8-14(12)21)18(27,19(22,23)24)13-4-3-5-15-17(13)28-16(26)9-25(15)2/h3-8,10,27H,9H2,1-2H3. The zero-order valence-corrected chi connectivity index (χ0v) is 17.2. The quantitative estimate of drug-likeness (QED) is 0.498. The van der Waals surface area contributed by atoms with Crippen molar-refractivity contribution in [1.82, 2.24) is 0 Å². The van der Waals surface area contributed by atoms with Crippen LogP contribution in [0.25, 0.3) is 0 Å². The first-order chi connectivity index (χ1) is 13.0. The van der Waals surface area contributed by atoms with Gasteiger partial charge in [-0.25, -0.2) is 4.79 Å². The van der Waals surface area contributed by atoms with Crippen molar-refractivity contribution in [3.05, 3.63) is 57.0 Å². The maximum atomic E-state index is 14.2. The van der Waals surface area contributed by atoms with Crippen LogP contribution < -0.4 is 9.64 Å². The molecule has 9 heteroatoms. The number of aliphatic hydroxyl groups is 1. The van der Waals surface area contributed by atoms with E-state index in [0.29, 0.717) is 4.47 Å². The Kier molecular flexibility index (Phi) is 5.42. The Labute approximate surface area is 173 Å². The minimum absolute atomic E-state index is 0.0726. The first-order valence-electron chi connectivity index (χ1n) is 8.26. The van der Waals surface area contributed by atoms with Crippen molar-refractivity contribution in [3.8, 4) is 5.75 Å². The van der Waals surface area contributed by atoms with Crippen molar-refractivity contribution in [3.63, 3.8) is 0 Å². The van der Waals surface area contributed by atoms with Gasteiger partial charge in [0, 0.05) is 28.0 Å². The summed E-state index contributed by atoms with van der Waals surface area (Å²) in [6.45, 7) is 1.13. The van der Waals surface area contributed by atoms with Crippen LogP contribution >= 0.6 is 27.5 Å². The van der Waals surface area contributed by atoms with E-state index >= 15 is 0 Å². The van der Waals surface area contributed by atoms with Gasteiger partial charge in [-0.2, -0.15) is 13.2 Å². The molecule has 1 aliphatic heterocycles. The number of hydrogen-bond acceptors (Lipinski definition) is 4. The predicted molar refractivity (Wildman–Crippen MR) is 103 cm³/mol. The maximum Gasteiger partial charge on any atom is 0.422 e. The molecule has 2 unspecified atom stereocenters. The number of nitrogens with zero attached hydrogens (tertiary/aromatic N) is 1. The summed E-state index contributed by atoms with van der Waals surface area (Å²) in [5.41, 5.74) is -3.48. The average molecular weight is 479 g/mol. The number of para-hydroxylation sites is 1. The van der Waals surface area contributed by atoms with Gasteiger partial charge in [0.25, 0.3) is 0 Å². The molecule has 0 bridgehead atoms. The molecule has 0 spiro atoms. The van der Waals surface area contributed by atoms with Gasteiger partial charge in [-0.15, -0.1) is 0 Å². The van der Waals surface area contributed by atoms with Crippen molar-refractivity contribution in [2.45, 2.75) is 24.6 Å². The second-order valence-electron chi connectivity index (χ2n) is 6.64. The molecule has 0 fully saturated rings. The summed E-state index contributed by atoms with van der Waals surface area (Å²) in [6, 6.07) is 8.44. The molecule has 0 amide bonds. The largest absolute Gasteiger partial charge is 0.423 e. The monoisotopic (exact) mass is 477 g/mol. The van der Waals surface area contributed by atoms with E-state index < -0.39 is 29.2 Å². The van der Waals surface area contributed by atoms with Gasteiger partial charge in [0.1, 0.15) is 6.54 Å². The van der Waals surface area contributed by atoms with Crippen LogP contribution in [0.2, 0.25) is 5.02 Å². The SMILES string of the molecule is CC(c1ccc(Br)cc1Cl)C(O)(c1cccc2c1OC(=O)CN2C)C(F)(F)F. The van der Waals surface area contributed by atoms with Crippen LogP contribution in [-0.2, 0) is 10.4 Å². The summed E-state index contributed by atoms with van der Waals surface area (Å²) < 4.78 is 48.5. The predicted octanol–water partition coefficient (Wildman–Crippen LogP) is 5.01. The lowest BCUT2D eigenvalue weighted by atomic mass is 9.77. The lowest BCUT2D eigenvalue weighted by Crippen LogP contribution is -2.47. The van der Waals surface area contributed by atoms with Gasteiger partial charge in [-0.3, -0.25) is 0 Å². The van der Waals surface area contributed by atoms with Gasteiger partial charge in [0.2, 0.25) is 0 Å². The Hall–Kier alpha value is -1.77. The number of likely N-dealkylation sites (N-methyl/N-ethyl adjacent to an activating group) is 1. The molecule has 1 N–H and O–H groups in total. The number of ether oxygens (including phenoxy) is 1. The number of benzene rings is 2. The Morgan fingerprint density at radius 2 is 1.96 bits per heavy atom. The number of alkyl halides is 3. The molecule has 2 atom stereocenters. The molecule has 0 aliphatic carbocycles. The number of halogens is 5. The molecular formula is C19H16BrClF3NO3. The van der Waals surface area contributed by atoms with Gasteiger partial charge in [0.05, 0.1) is 5.69 Å². The van der Waals surface area contributed by atoms with Crippen LogP contribution in [0.5, 0.6) is 5.75 Å². The second-order valence-corrected chi connectivity index (χ2v) is 7.96. The van der Waals surface area contributed by atoms with Crippen LogP contribution in [0.1, 0.15) is 24.0 Å². The van der Waals surface area contributed by atoms with Crippen molar-refractivity contribution in [2.24, 2.45) is 0 Å². The van der Waals surface area contributed by atoms with Crippen LogP contribution in [0.3, 0.4) is 0 Å². The third kappa shape index (κ3) is 3.38. The van der Waals surface area contributed by atoms with E-state index in [-0.39, 0.29) is 28.6 Å². The van der Waals surface area contributed by atoms with E-state index in [1.54, 1.807) is 13.1 Å². The van der Waals surface area contributed by atoms with Gasteiger partial charge >= 0.3 is 12.1 Å². The highest BCUT2D eigenvalue weighted by molar-refractivity contribution is 9.10. The summed E-state index contributed by atoms with van der Waals surface area (Å²) in [4.78, 5) is 13.3. The summed E-state index contributed by atoms with van der Waals surface area (Å²) in [6.07, 6.45) is -5.07. The lowest BCUT2D eigenvalue weighted by Gasteiger charge is -2.39. The Morgan fingerprint density at radius 1 is 1.29 bits per heavy atom. The highest BCUT2D eigenvalue weighted by Crippen LogP contribution is 2.54. The van der Waals surface area contributed by atoms with Crippen LogP contribution in [0.15, 0.2) is 40.9 Å². The van der Waals surface area contributed by atoms with E-state index in [1.807, 2.05) is 0 Å². The van der Waals surface area contributed by atoms with Crippen LogP contribution in [0, 0.1) is 0 Å². The molecule has 0 radical (unpaired) electrons. The fourth-order valence-corrected chi connectivity index (χ4v) is 4.20. The number of fused-ring (bicyclic) bond motifs is 1. The molecule has 1 heterocycles. The molecule has 0 aromatic heterocycles. The zero-order chi connectivity index (χ0) is 20.9. The van der Waals surface area contributed by atoms with Crippen LogP contribution in [-0.4, -0.2) is 30.8 Å². The average Bonchev–Trinajstić information content (AvgIpc) is 2.59. The van der Waals surface area contributed by atoms with Gasteiger partial charge in [-0.05, 0) is 23.8 Å². The molecular weight excluding hydrogens is 463 g/mol. The maximum absolute atomic E-state index is 14.2. The normalized spacial score (nSPS) is 17.6. The number of anilines is 1. The minimum Gasteiger partial charge on any atom is -0.423 e. The van der Waals surface area contributed by atoms with Gasteiger partial charge in [0.15, 0.2) is 11.4 Å². The Morgan fingerprint density at radius 3 is 2.57 bits per heavy atom. The van der Waals surface area contributed by atoms with Crippen molar-refractivity contribution in [2.75, 3.05) is 18.5 Å². The van der Waals surface area contributed by atoms with Gasteiger partial charge in [-0.1, -0.05) is 52.7 Å². The minimum atomic E-state index is -5.07. The summed E-state index contributed by atoms with van der Waals surface area (Å²) >= 11 is 9.37. The third-order valence-electron chi connectivity index (χ3n) is 4.89. The molecule has 0 saturated carbocycles. The lowest BCUT2D eigenvalue weighted by molar-refractivity contribution is -0.275. The van der Waals surface area contributed by atoms with Crippen LogP contribution in [0.4, 0.5) is 18.9 Å². The Balaban J connectivity index is 2.24. The fourth-order valence-electron chi connectivity index (χ4n) is 3.37. The van der Waals surface area contributed by atoms with Crippen molar-refractivity contribution < 1.29 is 27.8 Å². The first kappa shape index (κ1) is 21.0. The molecule has 3 rings (SSSR count). The van der Waals surface area contributed by atoms with E-state index in [2.05, 4.69) is 15.9 Å². The number of carbonyl (C=O) groups excluding carboxylic acids is 1. The highest BCUT2D eigenvalue weighted by Gasteiger charge is 2.60. The fraction of sp³-hybridized carbons (Fsp3) is 0.316. The molecule has 4 nitrogen and oxygen atoms in total. The summed E-state index contributed by atoms with van der Waals surface area (Å²) in [5.74, 6) is -2.49. The zero-order valence-electron chi connectivity index (χ0n) is 14.8. The summed E-state index contributed by atoms with van der Waals surface area (Å²) in [5, 5.41) is 11.1. The molecule has 0 saturated heterocycles. The van der Waals surface area contributed by atoms with E-state index in [0.717, 1.165) is 6.07 Å². The number of carbonyl (C=O) groups is 1. The summed E-state index contributed by atoms with van der Waals surface area (Å²) in [7, 11) is 1.56. The van der Waals surface area contributed by atoms with Crippen molar-refractivity contribution in [1.29, 1.82) is 0 Å². The molecule has 2 aromatic rings. The second kappa shape index (κ2) is 7.24. The van der Waals surface area contributed by atoms with Crippen molar-refractivity contribution >= 4 is 39.2 Å². The molecule has 28 heavy (non-hydrogen) atoms. The number of rotatable bonds is 3.